The zero-order valence-corrected chi connectivity index (χ0v) is 19.0. The number of aromatic nitrogens is 5. The van der Waals surface area contributed by atoms with Crippen LogP contribution in [0.4, 0.5) is 5.82 Å². The van der Waals surface area contributed by atoms with Crippen molar-refractivity contribution in [1.82, 2.24) is 29.6 Å². The molecule has 3 aromatic rings. The van der Waals surface area contributed by atoms with Gasteiger partial charge in [-0.15, -0.1) is 0 Å². The number of nitrogens with zero attached hydrogens (tertiary/aromatic N) is 7. The number of amides is 1. The number of halogens is 1. The Morgan fingerprint density at radius 3 is 2.32 bits per heavy atom. The lowest BCUT2D eigenvalue weighted by atomic mass is 10.1. The average Bonchev–Trinajstić information content (AvgIpc) is 3.02. The van der Waals surface area contributed by atoms with Crippen LogP contribution in [-0.4, -0.2) is 61.7 Å². The number of piperazine rings is 1. The number of hydrogen-bond acceptors (Lipinski definition) is 6. The lowest BCUT2D eigenvalue weighted by Crippen LogP contribution is -2.49. The van der Waals surface area contributed by atoms with Crippen molar-refractivity contribution in [3.05, 3.63) is 57.8 Å². The van der Waals surface area contributed by atoms with Crippen LogP contribution in [0.15, 0.2) is 24.4 Å². The maximum absolute atomic E-state index is 13.0. The van der Waals surface area contributed by atoms with Gasteiger partial charge >= 0.3 is 0 Å². The van der Waals surface area contributed by atoms with Crippen molar-refractivity contribution in [2.24, 2.45) is 0 Å². The molecule has 0 aliphatic carbocycles. The van der Waals surface area contributed by atoms with E-state index >= 15 is 0 Å². The molecule has 0 N–H and O–H groups in total. The van der Waals surface area contributed by atoms with Gasteiger partial charge in [-0.05, 0) is 45.9 Å². The normalized spacial score (nSPS) is 14.2. The van der Waals surface area contributed by atoms with Crippen molar-refractivity contribution in [1.29, 1.82) is 0 Å². The lowest BCUT2D eigenvalue weighted by Gasteiger charge is -2.35. The van der Waals surface area contributed by atoms with Crippen molar-refractivity contribution in [2.75, 3.05) is 31.1 Å². The fraction of sp³-hybridized carbons (Fsp3) is 0.409. The molecular weight excluding hydrogens is 414 g/mol. The molecule has 0 spiro atoms. The third-order valence-electron chi connectivity index (χ3n) is 5.60. The van der Waals surface area contributed by atoms with Crippen molar-refractivity contribution in [3.63, 3.8) is 0 Å². The summed E-state index contributed by atoms with van der Waals surface area (Å²) >= 11 is 5.93. The first kappa shape index (κ1) is 21.2. The van der Waals surface area contributed by atoms with E-state index in [0.29, 0.717) is 30.5 Å². The zero-order valence-electron chi connectivity index (χ0n) is 18.3. The number of anilines is 1. The van der Waals surface area contributed by atoms with E-state index in [9.17, 15) is 4.79 Å². The minimum Gasteiger partial charge on any atom is -0.353 e. The van der Waals surface area contributed by atoms with Crippen LogP contribution >= 0.6 is 11.6 Å². The Kier molecular flexibility index (Phi) is 5.91. The molecule has 0 radical (unpaired) electrons. The number of carbonyl (C=O) groups excluding carboxylic acids is 1. The van der Waals surface area contributed by atoms with Gasteiger partial charge in [0.2, 0.25) is 5.91 Å². The summed E-state index contributed by atoms with van der Waals surface area (Å²) in [6.07, 6.45) is 1.97. The molecule has 0 saturated carbocycles. The minimum absolute atomic E-state index is 0.107. The van der Waals surface area contributed by atoms with E-state index in [1.54, 1.807) is 10.9 Å². The van der Waals surface area contributed by atoms with Crippen LogP contribution in [0.5, 0.6) is 0 Å². The van der Waals surface area contributed by atoms with Gasteiger partial charge in [0.15, 0.2) is 0 Å². The van der Waals surface area contributed by atoms with Crippen LogP contribution in [0.2, 0.25) is 5.02 Å². The molecule has 4 heterocycles. The van der Waals surface area contributed by atoms with E-state index in [-0.39, 0.29) is 5.91 Å². The molecule has 4 rings (SSSR count). The molecule has 9 heteroatoms. The Hall–Kier alpha value is -3.00. The van der Waals surface area contributed by atoms with E-state index < -0.39 is 0 Å². The first-order valence-corrected chi connectivity index (χ1v) is 10.7. The van der Waals surface area contributed by atoms with Gasteiger partial charge in [-0.3, -0.25) is 4.79 Å². The summed E-state index contributed by atoms with van der Waals surface area (Å²) in [4.78, 5) is 30.5. The van der Waals surface area contributed by atoms with Crippen molar-refractivity contribution < 1.29 is 4.79 Å². The van der Waals surface area contributed by atoms with Gasteiger partial charge in [0.1, 0.15) is 5.82 Å². The number of aryl methyl sites for hydroxylation is 3. The number of rotatable bonds is 4. The molecule has 8 nitrogen and oxygen atoms in total. The zero-order chi connectivity index (χ0) is 22.1. The second kappa shape index (κ2) is 8.63. The Morgan fingerprint density at radius 1 is 1.03 bits per heavy atom. The first-order chi connectivity index (χ1) is 14.8. The second-order valence-electron chi connectivity index (χ2n) is 7.89. The SMILES string of the molecule is Cc1cc(C)nc(-n2nc(C)c(CC(=O)N3CCN(c4ccc(Cl)cn4)CC3)c2C)n1. The van der Waals surface area contributed by atoms with E-state index in [2.05, 4.69) is 25.0 Å². The number of hydrogen-bond donors (Lipinski definition) is 0. The van der Waals surface area contributed by atoms with Crippen LogP contribution in [0.25, 0.3) is 5.95 Å². The van der Waals surface area contributed by atoms with E-state index in [1.807, 2.05) is 50.8 Å². The van der Waals surface area contributed by atoms with E-state index in [1.165, 1.54) is 0 Å². The van der Waals surface area contributed by atoms with Crippen molar-refractivity contribution >= 4 is 23.3 Å². The van der Waals surface area contributed by atoms with Gasteiger partial charge < -0.3 is 9.80 Å². The van der Waals surface area contributed by atoms with Crippen LogP contribution in [-0.2, 0) is 11.2 Å². The Labute approximate surface area is 186 Å². The van der Waals surface area contributed by atoms with Crippen molar-refractivity contribution in [2.45, 2.75) is 34.1 Å². The van der Waals surface area contributed by atoms with E-state index in [4.69, 9.17) is 11.6 Å². The molecule has 1 fully saturated rings. The lowest BCUT2D eigenvalue weighted by molar-refractivity contribution is -0.130. The highest BCUT2D eigenvalue weighted by Crippen LogP contribution is 2.20. The van der Waals surface area contributed by atoms with Gasteiger partial charge in [-0.1, -0.05) is 11.6 Å². The van der Waals surface area contributed by atoms with E-state index in [0.717, 1.165) is 47.2 Å². The molecule has 1 amide bonds. The maximum atomic E-state index is 13.0. The van der Waals surface area contributed by atoms with Crippen LogP contribution in [0, 0.1) is 27.7 Å². The van der Waals surface area contributed by atoms with Gasteiger partial charge in [0.05, 0.1) is 17.1 Å². The Balaban J connectivity index is 1.44. The molecule has 31 heavy (non-hydrogen) atoms. The Morgan fingerprint density at radius 2 is 1.71 bits per heavy atom. The molecule has 1 aliphatic rings. The molecule has 0 bridgehead atoms. The predicted molar refractivity (Wildman–Crippen MR) is 120 cm³/mol. The molecule has 0 aromatic carbocycles. The second-order valence-corrected chi connectivity index (χ2v) is 8.33. The van der Waals surface area contributed by atoms with Gasteiger partial charge in [0.25, 0.3) is 5.95 Å². The van der Waals surface area contributed by atoms with Crippen molar-refractivity contribution in [3.8, 4) is 5.95 Å². The molecular formula is C22H26ClN7O. The summed E-state index contributed by atoms with van der Waals surface area (Å²) < 4.78 is 1.74. The molecule has 1 saturated heterocycles. The summed E-state index contributed by atoms with van der Waals surface area (Å²) in [5.41, 5.74) is 4.45. The summed E-state index contributed by atoms with van der Waals surface area (Å²) in [7, 11) is 0. The maximum Gasteiger partial charge on any atom is 0.251 e. The summed E-state index contributed by atoms with van der Waals surface area (Å²) in [5.74, 6) is 1.54. The highest BCUT2D eigenvalue weighted by Gasteiger charge is 2.24. The Bertz CT molecular complexity index is 1080. The number of pyridine rings is 1. The number of carbonyl (C=O) groups is 1. The fourth-order valence-corrected chi connectivity index (χ4v) is 4.04. The summed E-state index contributed by atoms with van der Waals surface area (Å²) in [6, 6.07) is 5.68. The molecule has 1 aliphatic heterocycles. The third kappa shape index (κ3) is 4.54. The van der Waals surface area contributed by atoms with Crippen LogP contribution in [0.1, 0.15) is 28.3 Å². The predicted octanol–water partition coefficient (Wildman–Crippen LogP) is 2.84. The van der Waals surface area contributed by atoms with Gasteiger partial charge in [0, 0.05) is 55.0 Å². The quantitative estimate of drug-likeness (QED) is 0.621. The van der Waals surface area contributed by atoms with Gasteiger partial charge in [-0.25, -0.2) is 19.6 Å². The molecule has 3 aromatic heterocycles. The topological polar surface area (TPSA) is 80.0 Å². The molecule has 162 valence electrons. The smallest absolute Gasteiger partial charge is 0.251 e. The average molecular weight is 440 g/mol. The first-order valence-electron chi connectivity index (χ1n) is 10.3. The van der Waals surface area contributed by atoms with Gasteiger partial charge in [-0.2, -0.15) is 5.10 Å². The molecule has 0 atom stereocenters. The fourth-order valence-electron chi connectivity index (χ4n) is 3.93. The summed E-state index contributed by atoms with van der Waals surface area (Å²) in [5, 5.41) is 5.23. The summed E-state index contributed by atoms with van der Waals surface area (Å²) in [6.45, 7) is 10.6. The monoisotopic (exact) mass is 439 g/mol. The third-order valence-corrected chi connectivity index (χ3v) is 5.82. The van der Waals surface area contributed by atoms with Crippen LogP contribution < -0.4 is 4.90 Å². The minimum atomic E-state index is 0.107. The highest BCUT2D eigenvalue weighted by molar-refractivity contribution is 6.30. The molecule has 0 unspecified atom stereocenters. The highest BCUT2D eigenvalue weighted by atomic mass is 35.5. The standard InChI is InChI=1S/C22H26ClN7O/c1-14-11-15(2)26-22(25-14)30-17(4)19(16(3)27-30)12-21(31)29-9-7-28(8-10-29)20-6-5-18(23)13-24-20/h5-6,11,13H,7-10,12H2,1-4H3. The van der Waals surface area contributed by atoms with Crippen LogP contribution in [0.3, 0.4) is 0 Å². The largest absolute Gasteiger partial charge is 0.353 e.